The van der Waals surface area contributed by atoms with E-state index in [1.807, 2.05) is 6.07 Å². The molecule has 0 aliphatic carbocycles. The van der Waals surface area contributed by atoms with E-state index < -0.39 is 0 Å². The molecule has 0 bridgehead atoms. The van der Waals surface area contributed by atoms with Gasteiger partial charge < -0.3 is 4.57 Å². The van der Waals surface area contributed by atoms with Crippen LogP contribution in [0.3, 0.4) is 0 Å². The lowest BCUT2D eigenvalue weighted by molar-refractivity contribution is 0.594. The van der Waals surface area contributed by atoms with E-state index in [1.165, 1.54) is 24.8 Å². The Hall–Kier alpha value is -1.02. The number of fused-ring (bicyclic) bond motifs is 1. The van der Waals surface area contributed by atoms with Gasteiger partial charge in [0.2, 0.25) is 0 Å². The van der Waals surface area contributed by atoms with Crippen molar-refractivity contribution < 1.29 is 0 Å². The van der Waals surface area contributed by atoms with Gasteiger partial charge in [-0.2, -0.15) is 0 Å². The van der Waals surface area contributed by atoms with Crippen LogP contribution in [0.2, 0.25) is 0 Å². The fourth-order valence-electron chi connectivity index (χ4n) is 2.17. The van der Waals surface area contributed by atoms with Gasteiger partial charge in [0.1, 0.15) is 5.82 Å². The molecule has 0 atom stereocenters. The molecule has 0 aliphatic rings. The van der Waals surface area contributed by atoms with Crippen LogP contribution < -0.4 is 0 Å². The second kappa shape index (κ2) is 6.06. The predicted octanol–water partition coefficient (Wildman–Crippen LogP) is 4.01. The third-order valence-corrected chi connectivity index (χ3v) is 3.23. The number of aromatic nitrogens is 2. The molecule has 0 aliphatic heterocycles. The Morgan fingerprint density at radius 2 is 2.06 bits per heavy atom. The second-order valence-electron chi connectivity index (χ2n) is 4.31. The summed E-state index contributed by atoms with van der Waals surface area (Å²) in [7, 11) is 0. The monoisotopic (exact) mass is 250 g/mol. The van der Waals surface area contributed by atoms with Gasteiger partial charge in [0.05, 0.1) is 11.0 Å². The first kappa shape index (κ1) is 12.4. The fraction of sp³-hybridized carbons (Fsp3) is 0.500. The molecule has 1 aromatic heterocycles. The van der Waals surface area contributed by atoms with E-state index in [0.717, 1.165) is 24.3 Å². The quantitative estimate of drug-likeness (QED) is 0.560. The number of alkyl halides is 1. The third-order valence-electron chi connectivity index (χ3n) is 3.04. The number of halogens is 1. The maximum Gasteiger partial charge on any atom is 0.111 e. The molecular formula is C14H19ClN2. The van der Waals surface area contributed by atoms with Gasteiger partial charge in [-0.3, -0.25) is 0 Å². The maximum atomic E-state index is 5.84. The van der Waals surface area contributed by atoms with Crippen molar-refractivity contribution in [1.29, 1.82) is 0 Å². The van der Waals surface area contributed by atoms with Crippen molar-refractivity contribution in [2.45, 2.75) is 39.2 Å². The fourth-order valence-corrected chi connectivity index (χ4v) is 2.34. The Morgan fingerprint density at radius 3 is 2.82 bits per heavy atom. The Balaban J connectivity index is 2.30. The molecule has 3 heteroatoms. The topological polar surface area (TPSA) is 17.8 Å². The predicted molar refractivity (Wildman–Crippen MR) is 73.7 cm³/mol. The minimum atomic E-state index is 0.636. The summed E-state index contributed by atoms with van der Waals surface area (Å²) in [5.41, 5.74) is 2.33. The Morgan fingerprint density at radius 1 is 1.24 bits per heavy atom. The van der Waals surface area contributed by atoms with Crippen LogP contribution >= 0.6 is 11.6 Å². The van der Waals surface area contributed by atoms with Crippen molar-refractivity contribution in [1.82, 2.24) is 9.55 Å². The summed E-state index contributed by atoms with van der Waals surface area (Å²) in [5, 5.41) is 0. The number of hydrogen-bond donors (Lipinski definition) is 0. The lowest BCUT2D eigenvalue weighted by Gasteiger charge is -2.07. The molecule has 0 saturated heterocycles. The number of benzene rings is 1. The number of imidazole rings is 1. The van der Waals surface area contributed by atoms with Crippen molar-refractivity contribution in [2.75, 3.05) is 5.88 Å². The molecule has 0 spiro atoms. The first-order valence-electron chi connectivity index (χ1n) is 6.37. The average molecular weight is 251 g/mol. The molecule has 0 radical (unpaired) electrons. The molecule has 2 nitrogen and oxygen atoms in total. The molecule has 1 aromatic carbocycles. The van der Waals surface area contributed by atoms with Gasteiger partial charge in [-0.1, -0.05) is 31.9 Å². The van der Waals surface area contributed by atoms with Gasteiger partial charge in [-0.15, -0.1) is 11.6 Å². The van der Waals surface area contributed by atoms with Gasteiger partial charge in [0.15, 0.2) is 0 Å². The molecule has 17 heavy (non-hydrogen) atoms. The lowest BCUT2D eigenvalue weighted by atomic mass is 10.2. The van der Waals surface area contributed by atoms with Crippen LogP contribution in [0.1, 0.15) is 32.0 Å². The zero-order chi connectivity index (χ0) is 12.1. The van der Waals surface area contributed by atoms with Gasteiger partial charge in [-0.25, -0.2) is 4.98 Å². The van der Waals surface area contributed by atoms with Crippen LogP contribution in [0, 0.1) is 0 Å². The first-order valence-corrected chi connectivity index (χ1v) is 6.90. The summed E-state index contributed by atoms with van der Waals surface area (Å²) in [4.78, 5) is 4.66. The van der Waals surface area contributed by atoms with E-state index >= 15 is 0 Å². The Bertz CT molecular complexity index is 476. The minimum Gasteiger partial charge on any atom is -0.328 e. The molecular weight excluding hydrogens is 232 g/mol. The summed E-state index contributed by atoms with van der Waals surface area (Å²) in [5.74, 6) is 1.76. The van der Waals surface area contributed by atoms with E-state index in [-0.39, 0.29) is 0 Å². The van der Waals surface area contributed by atoms with Crippen molar-refractivity contribution >= 4 is 22.6 Å². The van der Waals surface area contributed by atoms with Crippen LogP contribution in [0.4, 0.5) is 0 Å². The summed E-state index contributed by atoms with van der Waals surface area (Å²) >= 11 is 5.84. The number of unbranched alkanes of at least 4 members (excludes halogenated alkanes) is 2. The largest absolute Gasteiger partial charge is 0.328 e. The number of para-hydroxylation sites is 2. The molecule has 2 aromatic rings. The van der Waals surface area contributed by atoms with Gasteiger partial charge >= 0.3 is 0 Å². The summed E-state index contributed by atoms with van der Waals surface area (Å²) in [6, 6.07) is 8.33. The number of aryl methyl sites for hydroxylation is 2. The standard InChI is InChI=1S/C14H19ClN2/c1-2-3-6-11-17-13-8-5-4-7-12(13)16-14(17)9-10-15/h4-5,7-8H,2-3,6,9-11H2,1H3. The lowest BCUT2D eigenvalue weighted by Crippen LogP contribution is -2.04. The Kier molecular flexibility index (Phi) is 4.43. The number of nitrogens with zero attached hydrogens (tertiary/aromatic N) is 2. The molecule has 0 unspecified atom stereocenters. The Labute approximate surface area is 108 Å². The van der Waals surface area contributed by atoms with Crippen LogP contribution in [-0.2, 0) is 13.0 Å². The van der Waals surface area contributed by atoms with Gasteiger partial charge in [0.25, 0.3) is 0 Å². The molecule has 2 rings (SSSR count). The average Bonchev–Trinajstić information content (AvgIpc) is 2.69. The summed E-state index contributed by atoms with van der Waals surface area (Å²) < 4.78 is 2.33. The van der Waals surface area contributed by atoms with E-state index in [0.29, 0.717) is 5.88 Å². The molecule has 92 valence electrons. The molecule has 1 heterocycles. The zero-order valence-electron chi connectivity index (χ0n) is 10.3. The minimum absolute atomic E-state index is 0.636. The molecule has 0 amide bonds. The summed E-state index contributed by atoms with van der Waals surface area (Å²) in [6.45, 7) is 3.28. The molecule has 0 saturated carbocycles. The normalized spacial score (nSPS) is 11.2. The second-order valence-corrected chi connectivity index (χ2v) is 4.69. The van der Waals surface area contributed by atoms with E-state index in [2.05, 4.69) is 34.7 Å². The highest BCUT2D eigenvalue weighted by molar-refractivity contribution is 6.17. The van der Waals surface area contributed by atoms with E-state index in [9.17, 15) is 0 Å². The number of rotatable bonds is 6. The van der Waals surface area contributed by atoms with Gasteiger partial charge in [0, 0.05) is 18.8 Å². The highest BCUT2D eigenvalue weighted by atomic mass is 35.5. The third kappa shape index (κ3) is 2.81. The van der Waals surface area contributed by atoms with Crippen LogP contribution in [0.5, 0.6) is 0 Å². The first-order chi connectivity index (χ1) is 8.36. The van der Waals surface area contributed by atoms with Gasteiger partial charge in [-0.05, 0) is 18.6 Å². The van der Waals surface area contributed by atoms with Crippen molar-refractivity contribution in [3.05, 3.63) is 30.1 Å². The van der Waals surface area contributed by atoms with Crippen molar-refractivity contribution in [3.8, 4) is 0 Å². The van der Waals surface area contributed by atoms with E-state index in [1.54, 1.807) is 0 Å². The van der Waals surface area contributed by atoms with Crippen molar-refractivity contribution in [2.24, 2.45) is 0 Å². The number of hydrogen-bond acceptors (Lipinski definition) is 1. The van der Waals surface area contributed by atoms with Crippen LogP contribution in [-0.4, -0.2) is 15.4 Å². The van der Waals surface area contributed by atoms with E-state index in [4.69, 9.17) is 11.6 Å². The van der Waals surface area contributed by atoms with Crippen molar-refractivity contribution in [3.63, 3.8) is 0 Å². The highest BCUT2D eigenvalue weighted by Crippen LogP contribution is 2.17. The zero-order valence-corrected chi connectivity index (χ0v) is 11.1. The van der Waals surface area contributed by atoms with Crippen LogP contribution in [0.25, 0.3) is 11.0 Å². The maximum absolute atomic E-state index is 5.84. The smallest absolute Gasteiger partial charge is 0.111 e. The molecule has 0 fully saturated rings. The molecule has 0 N–H and O–H groups in total. The van der Waals surface area contributed by atoms with Crippen LogP contribution in [0.15, 0.2) is 24.3 Å². The highest BCUT2D eigenvalue weighted by Gasteiger charge is 2.08. The summed E-state index contributed by atoms with van der Waals surface area (Å²) in [6.07, 6.45) is 4.58. The SMILES string of the molecule is CCCCCn1c(CCCl)nc2ccccc21.